The summed E-state index contributed by atoms with van der Waals surface area (Å²) >= 11 is 0. The van der Waals surface area contributed by atoms with E-state index in [2.05, 4.69) is 31.3 Å². The van der Waals surface area contributed by atoms with E-state index >= 15 is 0 Å². The summed E-state index contributed by atoms with van der Waals surface area (Å²) in [5.74, 6) is 0.684. The van der Waals surface area contributed by atoms with E-state index in [0.717, 1.165) is 6.54 Å². The van der Waals surface area contributed by atoms with E-state index in [1.165, 1.54) is 0 Å². The molecule has 1 heteroatoms. The number of allylic oxidation sites excluding steroid dienone is 1. The van der Waals surface area contributed by atoms with Gasteiger partial charge in [-0.25, -0.2) is 0 Å². The summed E-state index contributed by atoms with van der Waals surface area (Å²) in [7, 11) is 1.95. The van der Waals surface area contributed by atoms with Gasteiger partial charge in [-0.3, -0.25) is 0 Å². The SMILES string of the molecule is CNC/C=C\C(C)C. The van der Waals surface area contributed by atoms with Gasteiger partial charge in [0, 0.05) is 6.54 Å². The van der Waals surface area contributed by atoms with E-state index in [0.29, 0.717) is 5.92 Å². The van der Waals surface area contributed by atoms with Crippen LogP contribution < -0.4 is 5.32 Å². The van der Waals surface area contributed by atoms with Crippen molar-refractivity contribution in [3.63, 3.8) is 0 Å². The summed E-state index contributed by atoms with van der Waals surface area (Å²) in [6.07, 6.45) is 4.33. The molecular weight excluding hydrogens is 98.1 g/mol. The third-order valence-electron chi connectivity index (χ3n) is 0.843. The van der Waals surface area contributed by atoms with Crippen LogP contribution in [0, 0.1) is 5.92 Å². The second-order valence-corrected chi connectivity index (χ2v) is 2.23. The molecule has 0 atom stereocenters. The standard InChI is InChI=1S/C7H15N/c1-7(2)5-4-6-8-3/h4-5,7-8H,6H2,1-3H3/b5-4-. The fraction of sp³-hybridized carbons (Fsp3) is 0.714. The van der Waals surface area contributed by atoms with Gasteiger partial charge in [0.25, 0.3) is 0 Å². The first-order valence-electron chi connectivity index (χ1n) is 3.08. The third kappa shape index (κ3) is 5.70. The van der Waals surface area contributed by atoms with Crippen molar-refractivity contribution in [1.82, 2.24) is 5.32 Å². The largest absolute Gasteiger partial charge is 0.316 e. The van der Waals surface area contributed by atoms with E-state index in [1.54, 1.807) is 0 Å². The second-order valence-electron chi connectivity index (χ2n) is 2.23. The maximum absolute atomic E-state index is 3.04. The number of hydrogen-bond acceptors (Lipinski definition) is 1. The minimum absolute atomic E-state index is 0.684. The predicted octanol–water partition coefficient (Wildman–Crippen LogP) is 1.42. The number of likely N-dealkylation sites (N-methyl/N-ethyl adjacent to an activating group) is 1. The Kier molecular flexibility index (Phi) is 4.67. The van der Waals surface area contributed by atoms with Crippen LogP contribution >= 0.6 is 0 Å². The lowest BCUT2D eigenvalue weighted by molar-refractivity contribution is 0.818. The smallest absolute Gasteiger partial charge is 0.0131 e. The molecule has 0 bridgehead atoms. The Morgan fingerprint density at radius 3 is 2.50 bits per heavy atom. The Balaban J connectivity index is 3.07. The molecule has 0 aromatic heterocycles. The minimum atomic E-state index is 0.684. The first kappa shape index (κ1) is 7.70. The highest BCUT2D eigenvalue weighted by Crippen LogP contribution is 1.91. The quantitative estimate of drug-likeness (QED) is 0.546. The fourth-order valence-corrected chi connectivity index (χ4v) is 0.458. The molecule has 0 rings (SSSR count). The highest BCUT2D eigenvalue weighted by molar-refractivity contribution is 4.85. The van der Waals surface area contributed by atoms with Gasteiger partial charge in [-0.05, 0) is 13.0 Å². The lowest BCUT2D eigenvalue weighted by atomic mass is 10.2. The molecule has 0 spiro atoms. The minimum Gasteiger partial charge on any atom is -0.316 e. The lowest BCUT2D eigenvalue weighted by Crippen LogP contribution is -2.04. The number of hydrogen-bond donors (Lipinski definition) is 1. The van der Waals surface area contributed by atoms with Crippen LogP contribution in [0.1, 0.15) is 13.8 Å². The highest BCUT2D eigenvalue weighted by atomic mass is 14.8. The van der Waals surface area contributed by atoms with E-state index in [4.69, 9.17) is 0 Å². The van der Waals surface area contributed by atoms with Crippen LogP contribution in [-0.4, -0.2) is 13.6 Å². The lowest BCUT2D eigenvalue weighted by Gasteiger charge is -1.91. The summed E-state index contributed by atoms with van der Waals surface area (Å²) in [6.45, 7) is 5.33. The molecule has 0 aliphatic heterocycles. The molecule has 0 amide bonds. The predicted molar refractivity (Wildman–Crippen MR) is 37.9 cm³/mol. The van der Waals surface area contributed by atoms with Crippen molar-refractivity contribution in [3.8, 4) is 0 Å². The van der Waals surface area contributed by atoms with Crippen LogP contribution in [0.4, 0.5) is 0 Å². The van der Waals surface area contributed by atoms with Crippen molar-refractivity contribution in [1.29, 1.82) is 0 Å². The summed E-state index contributed by atoms with van der Waals surface area (Å²) < 4.78 is 0. The average Bonchev–Trinajstić information content (AvgIpc) is 1.66. The van der Waals surface area contributed by atoms with Crippen molar-refractivity contribution in [2.75, 3.05) is 13.6 Å². The molecule has 0 aliphatic rings. The van der Waals surface area contributed by atoms with Gasteiger partial charge in [-0.15, -0.1) is 0 Å². The summed E-state index contributed by atoms with van der Waals surface area (Å²) in [4.78, 5) is 0. The molecule has 0 radical (unpaired) electrons. The van der Waals surface area contributed by atoms with Gasteiger partial charge in [-0.1, -0.05) is 26.0 Å². The number of nitrogens with one attached hydrogen (secondary N) is 1. The topological polar surface area (TPSA) is 12.0 Å². The molecule has 8 heavy (non-hydrogen) atoms. The van der Waals surface area contributed by atoms with E-state index in [9.17, 15) is 0 Å². The molecule has 0 saturated heterocycles. The molecule has 0 unspecified atom stereocenters. The zero-order chi connectivity index (χ0) is 6.41. The van der Waals surface area contributed by atoms with Crippen molar-refractivity contribution in [3.05, 3.63) is 12.2 Å². The Morgan fingerprint density at radius 2 is 2.12 bits per heavy atom. The van der Waals surface area contributed by atoms with Gasteiger partial charge in [0.05, 0.1) is 0 Å². The van der Waals surface area contributed by atoms with Gasteiger partial charge < -0.3 is 5.32 Å². The molecule has 48 valence electrons. The van der Waals surface area contributed by atoms with E-state index in [1.807, 2.05) is 7.05 Å². The molecule has 0 aromatic carbocycles. The van der Waals surface area contributed by atoms with Crippen LogP contribution in [0.5, 0.6) is 0 Å². The van der Waals surface area contributed by atoms with Crippen LogP contribution in [0.25, 0.3) is 0 Å². The van der Waals surface area contributed by atoms with Crippen LogP contribution in [-0.2, 0) is 0 Å². The molecular formula is C7H15N. The highest BCUT2D eigenvalue weighted by Gasteiger charge is 1.79. The van der Waals surface area contributed by atoms with Gasteiger partial charge in [0.15, 0.2) is 0 Å². The molecule has 0 aromatic rings. The van der Waals surface area contributed by atoms with Crippen LogP contribution in [0.15, 0.2) is 12.2 Å². The first-order valence-corrected chi connectivity index (χ1v) is 3.08. The molecule has 1 N–H and O–H groups in total. The molecule has 1 nitrogen and oxygen atoms in total. The molecule has 0 aliphatic carbocycles. The number of rotatable bonds is 3. The summed E-state index contributed by atoms with van der Waals surface area (Å²) in [6, 6.07) is 0. The summed E-state index contributed by atoms with van der Waals surface area (Å²) in [5, 5.41) is 3.04. The molecule has 0 heterocycles. The van der Waals surface area contributed by atoms with Crippen molar-refractivity contribution < 1.29 is 0 Å². The first-order chi connectivity index (χ1) is 3.77. The second kappa shape index (κ2) is 4.85. The van der Waals surface area contributed by atoms with Gasteiger partial charge in [0.1, 0.15) is 0 Å². The van der Waals surface area contributed by atoms with Crippen LogP contribution in [0.3, 0.4) is 0 Å². The van der Waals surface area contributed by atoms with Gasteiger partial charge in [0.2, 0.25) is 0 Å². The van der Waals surface area contributed by atoms with Crippen molar-refractivity contribution in [2.45, 2.75) is 13.8 Å². The Labute approximate surface area is 51.8 Å². The molecule has 0 saturated carbocycles. The van der Waals surface area contributed by atoms with E-state index < -0.39 is 0 Å². The maximum Gasteiger partial charge on any atom is 0.0131 e. The van der Waals surface area contributed by atoms with Crippen molar-refractivity contribution in [2.24, 2.45) is 5.92 Å². The normalized spacial score (nSPS) is 11.5. The zero-order valence-corrected chi connectivity index (χ0v) is 5.94. The Hall–Kier alpha value is -0.300. The Bertz CT molecular complexity index is 64.8. The Morgan fingerprint density at radius 1 is 1.50 bits per heavy atom. The van der Waals surface area contributed by atoms with Crippen LogP contribution in [0.2, 0.25) is 0 Å². The van der Waals surface area contributed by atoms with Crippen molar-refractivity contribution >= 4 is 0 Å². The fourth-order valence-electron chi connectivity index (χ4n) is 0.458. The van der Waals surface area contributed by atoms with Gasteiger partial charge >= 0.3 is 0 Å². The summed E-state index contributed by atoms with van der Waals surface area (Å²) in [5.41, 5.74) is 0. The monoisotopic (exact) mass is 113 g/mol. The maximum atomic E-state index is 3.04. The van der Waals surface area contributed by atoms with Gasteiger partial charge in [-0.2, -0.15) is 0 Å². The zero-order valence-electron chi connectivity index (χ0n) is 5.94. The molecule has 0 fully saturated rings. The van der Waals surface area contributed by atoms with E-state index in [-0.39, 0.29) is 0 Å². The average molecular weight is 113 g/mol. The third-order valence-corrected chi connectivity index (χ3v) is 0.843.